The van der Waals surface area contributed by atoms with E-state index in [2.05, 4.69) is 108 Å². The molecule has 0 aliphatic heterocycles. The third-order valence-corrected chi connectivity index (χ3v) is 10.4. The summed E-state index contributed by atoms with van der Waals surface area (Å²) >= 11 is 0. The molecule has 8 rings (SSSR count). The Morgan fingerprint density at radius 1 is 0.556 bits per heavy atom. The van der Waals surface area contributed by atoms with Crippen LogP contribution in [0.1, 0.15) is 44.1 Å². The number of benzene rings is 4. The molecular formula is C35H33N. The van der Waals surface area contributed by atoms with Gasteiger partial charge in [0.05, 0.1) is 0 Å². The average molecular weight is 468 g/mol. The molecule has 1 spiro atoms. The van der Waals surface area contributed by atoms with Gasteiger partial charge in [-0.15, -0.1) is 0 Å². The first kappa shape index (κ1) is 20.8. The van der Waals surface area contributed by atoms with Gasteiger partial charge in [-0.05, 0) is 125 Å². The van der Waals surface area contributed by atoms with E-state index in [4.69, 9.17) is 0 Å². The molecule has 0 heterocycles. The van der Waals surface area contributed by atoms with Gasteiger partial charge >= 0.3 is 0 Å². The summed E-state index contributed by atoms with van der Waals surface area (Å²) in [4.78, 5) is 0. The zero-order valence-electron chi connectivity index (χ0n) is 20.8. The van der Waals surface area contributed by atoms with E-state index in [0.717, 1.165) is 28.9 Å². The highest BCUT2D eigenvalue weighted by Crippen LogP contribution is 2.78. The molecule has 36 heavy (non-hydrogen) atoms. The molecule has 0 aromatic heterocycles. The Bertz CT molecular complexity index is 1360. The minimum atomic E-state index is 0.463. The predicted octanol–water partition coefficient (Wildman–Crippen LogP) is 9.23. The Morgan fingerprint density at radius 3 is 1.89 bits per heavy atom. The van der Waals surface area contributed by atoms with Crippen LogP contribution in [0.3, 0.4) is 0 Å². The zero-order chi connectivity index (χ0) is 23.7. The molecule has 0 saturated heterocycles. The Balaban J connectivity index is 1.11. The smallest absolute Gasteiger partial charge is 0.0396 e. The fourth-order valence-corrected chi connectivity index (χ4v) is 9.06. The number of nitrogens with one attached hydrogen (secondary N) is 1. The van der Waals surface area contributed by atoms with Crippen LogP contribution in [0.15, 0.2) is 103 Å². The molecule has 4 fully saturated rings. The normalized spacial score (nSPS) is 31.2. The van der Waals surface area contributed by atoms with Crippen molar-refractivity contribution in [3.05, 3.63) is 109 Å². The maximum atomic E-state index is 3.74. The minimum absolute atomic E-state index is 0.463. The number of hydrogen-bond acceptors (Lipinski definition) is 1. The molecular weight excluding hydrogens is 434 g/mol. The van der Waals surface area contributed by atoms with E-state index in [-0.39, 0.29) is 0 Å². The Kier molecular flexibility index (Phi) is 4.39. The van der Waals surface area contributed by atoms with Gasteiger partial charge in [0.25, 0.3) is 0 Å². The van der Waals surface area contributed by atoms with E-state index in [0.29, 0.717) is 5.41 Å². The van der Waals surface area contributed by atoms with Gasteiger partial charge < -0.3 is 5.32 Å². The third-order valence-electron chi connectivity index (χ3n) is 10.4. The maximum absolute atomic E-state index is 3.74. The van der Waals surface area contributed by atoms with Crippen molar-refractivity contribution in [2.75, 3.05) is 5.32 Å². The lowest BCUT2D eigenvalue weighted by Crippen LogP contribution is -2.42. The summed E-state index contributed by atoms with van der Waals surface area (Å²) in [6, 6.07) is 37.8. The first-order valence-corrected chi connectivity index (χ1v) is 13.8. The van der Waals surface area contributed by atoms with E-state index >= 15 is 0 Å². The molecule has 1 N–H and O–H groups in total. The Hall–Kier alpha value is -3.32. The second-order valence-electron chi connectivity index (χ2n) is 12.3. The van der Waals surface area contributed by atoms with Crippen molar-refractivity contribution in [3.63, 3.8) is 0 Å². The molecule has 3 bridgehead atoms. The second-order valence-corrected chi connectivity index (χ2v) is 12.3. The lowest BCUT2D eigenvalue weighted by molar-refractivity contribution is -0.000160. The van der Waals surface area contributed by atoms with Crippen molar-refractivity contribution in [2.45, 2.75) is 43.9 Å². The van der Waals surface area contributed by atoms with Crippen LogP contribution in [0, 0.1) is 23.2 Å². The van der Waals surface area contributed by atoms with E-state index in [1.54, 1.807) is 12.0 Å². The quantitative estimate of drug-likeness (QED) is 0.308. The molecule has 4 aromatic rings. The molecule has 5 unspecified atom stereocenters. The highest BCUT2D eigenvalue weighted by atomic mass is 14.9. The van der Waals surface area contributed by atoms with Crippen LogP contribution in [-0.4, -0.2) is 0 Å². The highest BCUT2D eigenvalue weighted by molar-refractivity contribution is 5.79. The molecule has 178 valence electrons. The van der Waals surface area contributed by atoms with Gasteiger partial charge in [0.2, 0.25) is 0 Å². The van der Waals surface area contributed by atoms with Gasteiger partial charge in [-0.25, -0.2) is 0 Å². The van der Waals surface area contributed by atoms with Crippen molar-refractivity contribution in [1.82, 2.24) is 0 Å². The SMILES string of the molecule is c1ccc(-c2cc(Nc3ccc(C45CC6CC7CC(C4)C7(C6)C5)cc3)cc(-c3ccccc3)c2)cc1. The first-order valence-electron chi connectivity index (χ1n) is 13.8. The van der Waals surface area contributed by atoms with E-state index in [1.165, 1.54) is 60.0 Å². The summed E-state index contributed by atoms with van der Waals surface area (Å²) in [6.07, 6.45) is 8.96. The van der Waals surface area contributed by atoms with Crippen LogP contribution in [-0.2, 0) is 5.41 Å². The molecule has 4 aliphatic carbocycles. The number of hydrogen-bond donors (Lipinski definition) is 1. The molecule has 4 aromatic carbocycles. The molecule has 0 amide bonds. The van der Waals surface area contributed by atoms with Crippen LogP contribution in [0.25, 0.3) is 22.3 Å². The summed E-state index contributed by atoms with van der Waals surface area (Å²) in [5.41, 5.74) is 10.1. The summed E-state index contributed by atoms with van der Waals surface area (Å²) in [5.74, 6) is 3.07. The van der Waals surface area contributed by atoms with Crippen LogP contribution in [0.2, 0.25) is 0 Å². The summed E-state index contributed by atoms with van der Waals surface area (Å²) in [6.45, 7) is 0. The van der Waals surface area contributed by atoms with Gasteiger partial charge in [0, 0.05) is 11.4 Å². The van der Waals surface area contributed by atoms with Gasteiger partial charge in [0.1, 0.15) is 0 Å². The Morgan fingerprint density at radius 2 is 1.22 bits per heavy atom. The van der Waals surface area contributed by atoms with Crippen molar-refractivity contribution < 1.29 is 0 Å². The van der Waals surface area contributed by atoms with Crippen molar-refractivity contribution in [2.24, 2.45) is 23.2 Å². The molecule has 5 atom stereocenters. The van der Waals surface area contributed by atoms with Crippen LogP contribution < -0.4 is 5.32 Å². The zero-order valence-corrected chi connectivity index (χ0v) is 20.8. The van der Waals surface area contributed by atoms with Crippen molar-refractivity contribution in [3.8, 4) is 22.3 Å². The van der Waals surface area contributed by atoms with Gasteiger partial charge in [-0.2, -0.15) is 0 Å². The molecule has 1 nitrogen and oxygen atoms in total. The van der Waals surface area contributed by atoms with Crippen molar-refractivity contribution in [1.29, 1.82) is 0 Å². The Labute approximate surface area is 214 Å². The standard InChI is InChI=1S/C35H33N/c1-3-7-25(8-4-1)27-16-28(26-9-5-2-6-10-26)18-33(17-27)36-32-13-11-29(12-14-32)34-20-24-15-30-19-31(22-34)35(30,21-24)23-34/h1-14,16-18,24,30-31,36H,15,19-23H2. The summed E-state index contributed by atoms with van der Waals surface area (Å²) in [7, 11) is 0. The number of fused-ring (bicyclic) bond motifs is 2. The summed E-state index contributed by atoms with van der Waals surface area (Å²) < 4.78 is 0. The molecule has 4 aliphatic rings. The maximum Gasteiger partial charge on any atom is 0.0396 e. The fourth-order valence-electron chi connectivity index (χ4n) is 9.06. The molecule has 1 heteroatoms. The largest absolute Gasteiger partial charge is 0.355 e. The highest BCUT2D eigenvalue weighted by Gasteiger charge is 2.70. The first-order chi connectivity index (χ1) is 17.7. The van der Waals surface area contributed by atoms with E-state index in [1.807, 2.05) is 0 Å². The average Bonchev–Trinajstić information content (AvgIpc) is 3.25. The molecule has 4 saturated carbocycles. The van der Waals surface area contributed by atoms with Gasteiger partial charge in [-0.1, -0.05) is 72.8 Å². The lowest BCUT2D eigenvalue weighted by Gasteiger charge is -2.49. The predicted molar refractivity (Wildman–Crippen MR) is 149 cm³/mol. The monoisotopic (exact) mass is 467 g/mol. The van der Waals surface area contributed by atoms with Crippen LogP contribution in [0.5, 0.6) is 0 Å². The van der Waals surface area contributed by atoms with Gasteiger partial charge in [0.15, 0.2) is 0 Å². The van der Waals surface area contributed by atoms with Crippen LogP contribution in [0.4, 0.5) is 11.4 Å². The number of rotatable bonds is 5. The topological polar surface area (TPSA) is 12.0 Å². The molecule has 0 radical (unpaired) electrons. The fraction of sp³-hybridized carbons (Fsp3) is 0.314. The second kappa shape index (κ2) is 7.59. The van der Waals surface area contributed by atoms with E-state index in [9.17, 15) is 0 Å². The van der Waals surface area contributed by atoms with Crippen LogP contribution >= 0.6 is 0 Å². The lowest BCUT2D eigenvalue weighted by atomic mass is 9.55. The van der Waals surface area contributed by atoms with Gasteiger partial charge in [-0.3, -0.25) is 0 Å². The number of anilines is 2. The summed E-state index contributed by atoms with van der Waals surface area (Å²) in [5, 5.41) is 3.74. The van der Waals surface area contributed by atoms with E-state index < -0.39 is 0 Å². The third kappa shape index (κ3) is 3.08. The van der Waals surface area contributed by atoms with Crippen molar-refractivity contribution >= 4 is 11.4 Å². The minimum Gasteiger partial charge on any atom is -0.355 e.